The van der Waals surface area contributed by atoms with E-state index in [-0.39, 0.29) is 22.3 Å². The largest absolute Gasteiger partial charge is 0.409 e. The number of rotatable bonds is 4. The average Bonchev–Trinajstić information content (AvgIpc) is 3.15. The molecule has 2 saturated heterocycles. The topological polar surface area (TPSA) is 73.9 Å². The van der Waals surface area contributed by atoms with Crippen LogP contribution in [0.5, 0.6) is 0 Å². The smallest absolute Gasteiger partial charge is 0.393 e. The van der Waals surface area contributed by atoms with Gasteiger partial charge in [-0.15, -0.1) is 11.3 Å². The lowest BCUT2D eigenvalue weighted by molar-refractivity contribution is -0.126. The van der Waals surface area contributed by atoms with Gasteiger partial charge in [-0.25, -0.2) is 4.39 Å². The Morgan fingerprint density at radius 3 is 2.83 bits per heavy atom. The fraction of sp³-hybridized carbons (Fsp3) is 0.526. The zero-order valence-corrected chi connectivity index (χ0v) is 16.5. The molecule has 29 heavy (non-hydrogen) atoms. The molecule has 4 N–H and O–H groups in total. The molecular weight excluding hydrogens is 408 g/mol. The molecule has 2 aliphatic rings. The van der Waals surface area contributed by atoms with Crippen LogP contribution in [0.2, 0.25) is 0 Å². The Morgan fingerprint density at radius 1 is 1.38 bits per heavy atom. The van der Waals surface area contributed by atoms with Crippen molar-refractivity contribution in [3.63, 3.8) is 0 Å². The third-order valence-electron chi connectivity index (χ3n) is 6.05. The summed E-state index contributed by atoms with van der Waals surface area (Å²) in [5.74, 6) is -0.364. The van der Waals surface area contributed by atoms with Crippen LogP contribution in [-0.2, 0) is 6.42 Å². The lowest BCUT2D eigenvalue weighted by Gasteiger charge is -2.39. The maximum absolute atomic E-state index is 15.0. The minimum Gasteiger partial charge on any atom is -0.409 e. The minimum absolute atomic E-state index is 0.0308. The fourth-order valence-corrected chi connectivity index (χ4v) is 5.84. The van der Waals surface area contributed by atoms with Gasteiger partial charge in [0.1, 0.15) is 6.17 Å². The van der Waals surface area contributed by atoms with Crippen molar-refractivity contribution in [1.82, 2.24) is 4.90 Å². The van der Waals surface area contributed by atoms with E-state index in [1.165, 1.54) is 0 Å². The number of benzene rings is 1. The van der Waals surface area contributed by atoms with E-state index in [9.17, 15) is 13.2 Å². The lowest BCUT2D eigenvalue weighted by atomic mass is 9.95. The lowest BCUT2D eigenvalue weighted by Crippen LogP contribution is -2.53. The van der Waals surface area contributed by atoms with E-state index in [4.69, 9.17) is 10.9 Å². The quantitative estimate of drug-likeness (QED) is 0.225. The zero-order chi connectivity index (χ0) is 20.9. The molecule has 0 unspecified atom stereocenters. The third-order valence-corrected chi connectivity index (χ3v) is 7.35. The van der Waals surface area contributed by atoms with Crippen LogP contribution in [0, 0.1) is 0 Å². The molecule has 2 fully saturated rings. The molecule has 2 bridgehead atoms. The van der Waals surface area contributed by atoms with Crippen molar-refractivity contribution in [1.29, 1.82) is 0 Å². The summed E-state index contributed by atoms with van der Waals surface area (Å²) in [5, 5.41) is 15.5. The number of hydrogen-bond acceptors (Lipinski definition) is 5. The molecule has 0 amide bonds. The number of amidine groups is 1. The molecule has 1 aromatic heterocycles. The summed E-state index contributed by atoms with van der Waals surface area (Å²) in [7, 11) is 1.94. The Morgan fingerprint density at radius 2 is 2.14 bits per heavy atom. The number of oxime groups is 1. The first-order valence-corrected chi connectivity index (χ1v) is 10.2. The van der Waals surface area contributed by atoms with Gasteiger partial charge in [-0.05, 0) is 43.3 Å². The van der Waals surface area contributed by atoms with Crippen molar-refractivity contribution in [2.45, 2.75) is 56.2 Å². The highest BCUT2D eigenvalue weighted by Crippen LogP contribution is 2.42. The maximum atomic E-state index is 15.0. The van der Waals surface area contributed by atoms with Gasteiger partial charge >= 0.3 is 6.18 Å². The molecule has 5 nitrogen and oxygen atoms in total. The van der Waals surface area contributed by atoms with E-state index in [2.05, 4.69) is 15.4 Å². The molecular formula is C19H22F4N4OS. The van der Waals surface area contributed by atoms with Gasteiger partial charge in [0.25, 0.3) is 0 Å². The van der Waals surface area contributed by atoms with Gasteiger partial charge < -0.3 is 16.3 Å². The summed E-state index contributed by atoms with van der Waals surface area (Å²) in [6.07, 6.45) is -4.30. The molecule has 0 aliphatic carbocycles. The Bertz CT molecular complexity index is 944. The van der Waals surface area contributed by atoms with Crippen molar-refractivity contribution >= 4 is 32.9 Å². The number of fused-ring (bicyclic) bond motifs is 3. The van der Waals surface area contributed by atoms with Gasteiger partial charge in [0.2, 0.25) is 0 Å². The fourth-order valence-electron chi connectivity index (χ4n) is 4.65. The number of alkyl halides is 4. The van der Waals surface area contributed by atoms with E-state index in [0.29, 0.717) is 28.2 Å². The first kappa shape index (κ1) is 20.2. The van der Waals surface area contributed by atoms with Gasteiger partial charge in [-0.2, -0.15) is 13.2 Å². The predicted octanol–water partition coefficient (Wildman–Crippen LogP) is 4.09. The van der Waals surface area contributed by atoms with Gasteiger partial charge in [0, 0.05) is 12.1 Å². The Kier molecular flexibility index (Phi) is 5.10. The van der Waals surface area contributed by atoms with Crippen molar-refractivity contribution in [3.05, 3.63) is 28.6 Å². The van der Waals surface area contributed by atoms with Gasteiger partial charge in [0.05, 0.1) is 27.7 Å². The molecule has 0 saturated carbocycles. The molecule has 2 aliphatic heterocycles. The van der Waals surface area contributed by atoms with Gasteiger partial charge in [-0.3, -0.25) is 4.90 Å². The Hall–Kier alpha value is -2.07. The maximum Gasteiger partial charge on any atom is 0.393 e. The molecule has 4 rings (SSSR count). The van der Waals surface area contributed by atoms with Crippen LogP contribution in [0.1, 0.15) is 29.7 Å². The summed E-state index contributed by atoms with van der Waals surface area (Å²) in [4.78, 5) is 2.17. The summed E-state index contributed by atoms with van der Waals surface area (Å²) < 4.78 is 55.0. The Labute approximate surface area is 169 Å². The highest BCUT2D eigenvalue weighted by molar-refractivity contribution is 7.21. The summed E-state index contributed by atoms with van der Waals surface area (Å²) in [5.41, 5.74) is 6.19. The van der Waals surface area contributed by atoms with Crippen molar-refractivity contribution in [2.24, 2.45) is 10.9 Å². The number of thiophene rings is 1. The number of nitrogens with zero attached hydrogens (tertiary/aromatic N) is 2. The number of nitrogens with one attached hydrogen (secondary N) is 1. The molecule has 0 radical (unpaired) electrons. The number of anilines is 1. The molecule has 3 heterocycles. The number of piperidine rings is 1. The van der Waals surface area contributed by atoms with Crippen molar-refractivity contribution in [2.75, 3.05) is 12.4 Å². The van der Waals surface area contributed by atoms with Crippen LogP contribution in [0.25, 0.3) is 10.1 Å². The molecule has 2 aromatic rings. The van der Waals surface area contributed by atoms with Crippen LogP contribution >= 0.6 is 11.3 Å². The van der Waals surface area contributed by atoms with Crippen molar-refractivity contribution < 1.29 is 22.8 Å². The third kappa shape index (κ3) is 3.63. The predicted molar refractivity (Wildman–Crippen MR) is 106 cm³/mol. The molecule has 10 heteroatoms. The van der Waals surface area contributed by atoms with Crippen LogP contribution in [0.4, 0.5) is 23.2 Å². The van der Waals surface area contributed by atoms with E-state index in [1.54, 1.807) is 18.2 Å². The normalized spacial score (nSPS) is 28.2. The molecule has 1 aromatic carbocycles. The zero-order valence-electron chi connectivity index (χ0n) is 15.7. The van der Waals surface area contributed by atoms with Crippen LogP contribution < -0.4 is 11.1 Å². The highest BCUT2D eigenvalue weighted by atomic mass is 32.1. The first-order chi connectivity index (χ1) is 13.7. The summed E-state index contributed by atoms with van der Waals surface area (Å²) >= 11 is 1.02. The van der Waals surface area contributed by atoms with Crippen molar-refractivity contribution in [3.8, 4) is 0 Å². The van der Waals surface area contributed by atoms with E-state index < -0.39 is 24.8 Å². The van der Waals surface area contributed by atoms with Crippen LogP contribution in [0.3, 0.4) is 0 Å². The molecule has 4 atom stereocenters. The summed E-state index contributed by atoms with van der Waals surface area (Å²) in [6.45, 7) is 0. The Balaban J connectivity index is 1.73. The van der Waals surface area contributed by atoms with E-state index in [0.717, 1.165) is 24.2 Å². The van der Waals surface area contributed by atoms with Gasteiger partial charge in [-0.1, -0.05) is 17.3 Å². The number of nitrogens with two attached hydrogens (primary N) is 1. The second kappa shape index (κ2) is 7.32. The van der Waals surface area contributed by atoms with E-state index in [1.807, 2.05) is 7.05 Å². The second-order valence-corrected chi connectivity index (χ2v) is 8.78. The molecule has 0 spiro atoms. The van der Waals surface area contributed by atoms with E-state index >= 15 is 4.39 Å². The van der Waals surface area contributed by atoms with Crippen LogP contribution in [-0.4, -0.2) is 53.5 Å². The first-order valence-electron chi connectivity index (χ1n) is 9.41. The van der Waals surface area contributed by atoms with Gasteiger partial charge in [0.15, 0.2) is 5.84 Å². The van der Waals surface area contributed by atoms with Crippen LogP contribution in [0.15, 0.2) is 23.4 Å². The SMILES string of the molecule is CN1[C@H]2CC[C@@H]1[C@H](F)[C@H](Nc1cccc3c(CC(F)(F)F)c(/C(N)=N/O)sc13)C2. The second-order valence-electron chi connectivity index (χ2n) is 7.76. The monoisotopic (exact) mass is 430 g/mol. The number of halogens is 4. The molecule has 158 valence electrons. The summed E-state index contributed by atoms with van der Waals surface area (Å²) in [6, 6.07) is 4.72. The minimum atomic E-state index is -4.45. The average molecular weight is 430 g/mol. The standard InChI is InChI=1S/C19H22F4N4OS/c1-27-9-5-6-14(27)15(20)13(7-9)25-12-4-2-3-10-11(8-19(21,22)23)17(18(24)26-28)29-16(10)12/h2-4,9,13-15,25,28H,5-8H2,1H3,(H2,24,26)/t9-,13+,14+,15+/m0/s1. The number of hydrogen-bond donors (Lipinski definition) is 3. The highest BCUT2D eigenvalue weighted by Gasteiger charge is 2.46.